The molecule has 0 unspecified atom stereocenters. The molecule has 23 heavy (non-hydrogen) atoms. The third kappa shape index (κ3) is 4.85. The largest absolute Gasteiger partial charge is 0.354 e. The van der Waals surface area contributed by atoms with Gasteiger partial charge >= 0.3 is 0 Å². The number of aromatic nitrogens is 1. The Morgan fingerprint density at radius 1 is 1.26 bits per heavy atom. The maximum Gasteiger partial charge on any atom is 0.272 e. The number of hydrogen-bond donors (Lipinski definition) is 1. The van der Waals surface area contributed by atoms with Crippen molar-refractivity contribution in [2.24, 2.45) is 0 Å². The second-order valence-electron chi connectivity index (χ2n) is 5.26. The van der Waals surface area contributed by atoms with E-state index in [1.807, 2.05) is 0 Å². The van der Waals surface area contributed by atoms with E-state index >= 15 is 0 Å². The molecule has 0 aliphatic heterocycles. The Balaban J connectivity index is 2.16. The van der Waals surface area contributed by atoms with Gasteiger partial charge in [0.15, 0.2) is 0 Å². The fraction of sp³-hybridized carbons (Fsp3) is 0.294. The van der Waals surface area contributed by atoms with Gasteiger partial charge in [-0.15, -0.1) is 0 Å². The molecule has 1 aromatic carbocycles. The standard InChI is InChI=1S/C17H19Cl2N3O/c1-3-4-9-22(2)17(23)16-11-13(7-8-20-16)21-15-10-12(18)5-6-14(15)19/h5-8,10-11H,3-4,9H2,1-2H3,(H,20,21). The van der Waals surface area contributed by atoms with Gasteiger partial charge in [-0.3, -0.25) is 9.78 Å². The monoisotopic (exact) mass is 351 g/mol. The normalized spacial score (nSPS) is 10.4. The Labute approximate surface area is 146 Å². The fourth-order valence-electron chi connectivity index (χ4n) is 2.07. The molecule has 1 heterocycles. The molecular formula is C17H19Cl2N3O. The Bertz CT molecular complexity index is 691. The lowest BCUT2D eigenvalue weighted by atomic mass is 10.2. The minimum atomic E-state index is -0.0979. The van der Waals surface area contributed by atoms with Crippen LogP contribution in [0.4, 0.5) is 11.4 Å². The molecule has 122 valence electrons. The van der Waals surface area contributed by atoms with Crippen molar-refractivity contribution >= 4 is 40.5 Å². The van der Waals surface area contributed by atoms with E-state index in [0.29, 0.717) is 21.4 Å². The SMILES string of the molecule is CCCCN(C)C(=O)c1cc(Nc2cc(Cl)ccc2Cl)ccn1. The first kappa shape index (κ1) is 17.6. The fourth-order valence-corrected chi connectivity index (χ4v) is 2.40. The first-order valence-electron chi connectivity index (χ1n) is 7.45. The number of nitrogens with one attached hydrogen (secondary N) is 1. The van der Waals surface area contributed by atoms with Gasteiger partial charge in [0, 0.05) is 30.5 Å². The number of hydrogen-bond acceptors (Lipinski definition) is 3. The summed E-state index contributed by atoms with van der Waals surface area (Å²) in [6, 6.07) is 8.67. The van der Waals surface area contributed by atoms with Crippen LogP contribution in [0.2, 0.25) is 10.0 Å². The van der Waals surface area contributed by atoms with E-state index in [-0.39, 0.29) is 5.91 Å². The highest BCUT2D eigenvalue weighted by Crippen LogP contribution is 2.28. The van der Waals surface area contributed by atoms with E-state index in [2.05, 4.69) is 17.2 Å². The first-order chi connectivity index (χ1) is 11.0. The van der Waals surface area contributed by atoms with Crippen molar-refractivity contribution in [1.29, 1.82) is 0 Å². The maximum absolute atomic E-state index is 12.4. The van der Waals surface area contributed by atoms with Gasteiger partial charge in [0.05, 0.1) is 10.7 Å². The molecule has 0 fully saturated rings. The number of unbranched alkanes of at least 4 members (excludes halogenated alkanes) is 1. The van der Waals surface area contributed by atoms with Crippen LogP contribution in [-0.4, -0.2) is 29.4 Å². The summed E-state index contributed by atoms with van der Waals surface area (Å²) in [5.41, 5.74) is 1.81. The lowest BCUT2D eigenvalue weighted by Crippen LogP contribution is -2.28. The summed E-state index contributed by atoms with van der Waals surface area (Å²) in [6.45, 7) is 2.81. The van der Waals surface area contributed by atoms with E-state index in [9.17, 15) is 4.79 Å². The second kappa shape index (κ2) is 8.18. The zero-order valence-corrected chi connectivity index (χ0v) is 14.7. The number of nitrogens with zero attached hydrogens (tertiary/aromatic N) is 2. The number of rotatable bonds is 6. The second-order valence-corrected chi connectivity index (χ2v) is 6.10. The number of pyridine rings is 1. The lowest BCUT2D eigenvalue weighted by molar-refractivity contribution is 0.0787. The number of amides is 1. The Hall–Kier alpha value is -1.78. The van der Waals surface area contributed by atoms with Crippen LogP contribution >= 0.6 is 23.2 Å². The van der Waals surface area contributed by atoms with Crippen LogP contribution in [0.5, 0.6) is 0 Å². The highest BCUT2D eigenvalue weighted by molar-refractivity contribution is 6.35. The van der Waals surface area contributed by atoms with Crippen molar-refractivity contribution in [2.75, 3.05) is 18.9 Å². The van der Waals surface area contributed by atoms with Crippen molar-refractivity contribution in [3.05, 3.63) is 52.3 Å². The van der Waals surface area contributed by atoms with Crippen LogP contribution in [0.15, 0.2) is 36.5 Å². The number of halogens is 2. The smallest absolute Gasteiger partial charge is 0.272 e. The summed E-state index contributed by atoms with van der Waals surface area (Å²) in [6.07, 6.45) is 3.61. The summed E-state index contributed by atoms with van der Waals surface area (Å²) in [5, 5.41) is 4.30. The number of anilines is 2. The van der Waals surface area contributed by atoms with Crippen molar-refractivity contribution < 1.29 is 4.79 Å². The molecule has 2 rings (SSSR count). The molecule has 0 bridgehead atoms. The minimum absolute atomic E-state index is 0.0979. The molecule has 6 heteroatoms. The predicted molar refractivity (Wildman–Crippen MR) is 95.9 cm³/mol. The molecule has 0 saturated heterocycles. The van der Waals surface area contributed by atoms with Crippen LogP contribution in [0.3, 0.4) is 0 Å². The van der Waals surface area contributed by atoms with Crippen LogP contribution in [-0.2, 0) is 0 Å². The van der Waals surface area contributed by atoms with E-state index in [0.717, 1.165) is 25.1 Å². The van der Waals surface area contributed by atoms with E-state index < -0.39 is 0 Å². The zero-order chi connectivity index (χ0) is 16.8. The van der Waals surface area contributed by atoms with Crippen molar-refractivity contribution in [3.63, 3.8) is 0 Å². The lowest BCUT2D eigenvalue weighted by Gasteiger charge is -2.16. The Morgan fingerprint density at radius 2 is 2.04 bits per heavy atom. The van der Waals surface area contributed by atoms with Gasteiger partial charge in [-0.1, -0.05) is 36.5 Å². The van der Waals surface area contributed by atoms with Gasteiger partial charge in [0.25, 0.3) is 5.91 Å². The summed E-state index contributed by atoms with van der Waals surface area (Å²) < 4.78 is 0. The minimum Gasteiger partial charge on any atom is -0.354 e. The van der Waals surface area contributed by atoms with E-state index in [4.69, 9.17) is 23.2 Å². The third-order valence-electron chi connectivity index (χ3n) is 3.38. The van der Waals surface area contributed by atoms with Gasteiger partial charge in [0.2, 0.25) is 0 Å². The summed E-state index contributed by atoms with van der Waals surface area (Å²) in [7, 11) is 1.79. The molecule has 1 aromatic heterocycles. The van der Waals surface area contributed by atoms with Gasteiger partial charge in [-0.25, -0.2) is 0 Å². The molecule has 1 N–H and O–H groups in total. The van der Waals surface area contributed by atoms with Gasteiger partial charge in [-0.05, 0) is 36.8 Å². The Morgan fingerprint density at radius 3 is 2.78 bits per heavy atom. The molecular weight excluding hydrogens is 333 g/mol. The summed E-state index contributed by atoms with van der Waals surface area (Å²) in [4.78, 5) is 18.2. The first-order valence-corrected chi connectivity index (χ1v) is 8.20. The average Bonchev–Trinajstić information content (AvgIpc) is 2.55. The van der Waals surface area contributed by atoms with E-state index in [1.54, 1.807) is 48.5 Å². The highest BCUT2D eigenvalue weighted by atomic mass is 35.5. The quantitative estimate of drug-likeness (QED) is 0.795. The third-order valence-corrected chi connectivity index (χ3v) is 3.94. The molecule has 0 atom stereocenters. The van der Waals surface area contributed by atoms with Crippen LogP contribution in [0.25, 0.3) is 0 Å². The summed E-state index contributed by atoms with van der Waals surface area (Å²) >= 11 is 12.1. The predicted octanol–water partition coefficient (Wildman–Crippen LogP) is 5.00. The molecule has 0 aliphatic rings. The molecule has 4 nitrogen and oxygen atoms in total. The topological polar surface area (TPSA) is 45.2 Å². The van der Waals surface area contributed by atoms with Crippen molar-refractivity contribution in [1.82, 2.24) is 9.88 Å². The molecule has 0 spiro atoms. The van der Waals surface area contributed by atoms with Gasteiger partial charge < -0.3 is 10.2 Å². The van der Waals surface area contributed by atoms with Crippen LogP contribution in [0.1, 0.15) is 30.3 Å². The Kier molecular flexibility index (Phi) is 6.25. The van der Waals surface area contributed by atoms with Crippen LogP contribution < -0.4 is 5.32 Å². The summed E-state index contributed by atoms with van der Waals surface area (Å²) in [5.74, 6) is -0.0979. The molecule has 1 amide bonds. The number of carbonyl (C=O) groups excluding carboxylic acids is 1. The molecule has 0 saturated carbocycles. The molecule has 0 aliphatic carbocycles. The van der Waals surface area contributed by atoms with Crippen LogP contribution in [0, 0.1) is 0 Å². The highest BCUT2D eigenvalue weighted by Gasteiger charge is 2.13. The number of benzene rings is 1. The average molecular weight is 352 g/mol. The van der Waals surface area contributed by atoms with Crippen molar-refractivity contribution in [3.8, 4) is 0 Å². The molecule has 0 radical (unpaired) electrons. The van der Waals surface area contributed by atoms with E-state index in [1.165, 1.54) is 0 Å². The number of carbonyl (C=O) groups is 1. The van der Waals surface area contributed by atoms with Crippen molar-refractivity contribution in [2.45, 2.75) is 19.8 Å². The zero-order valence-electron chi connectivity index (χ0n) is 13.1. The maximum atomic E-state index is 12.4. The molecule has 2 aromatic rings. The van der Waals surface area contributed by atoms with Gasteiger partial charge in [0.1, 0.15) is 5.69 Å². The van der Waals surface area contributed by atoms with Gasteiger partial charge in [-0.2, -0.15) is 0 Å².